The van der Waals surface area contributed by atoms with Crippen molar-refractivity contribution in [2.24, 2.45) is 0 Å². The molecule has 2 atom stereocenters. The highest BCUT2D eigenvalue weighted by Crippen LogP contribution is 2.17. The summed E-state index contributed by atoms with van der Waals surface area (Å²) in [7, 11) is 0. The molecule has 1 fully saturated rings. The van der Waals surface area contributed by atoms with Crippen molar-refractivity contribution in [1.82, 2.24) is 0 Å². The van der Waals surface area contributed by atoms with Crippen LogP contribution in [0.5, 0.6) is 0 Å². The molecule has 110 valence electrons. The maximum absolute atomic E-state index is 12.4. The van der Waals surface area contributed by atoms with Gasteiger partial charge in [-0.2, -0.15) is 0 Å². The number of carbonyl (C=O) groups is 1. The fraction of sp³-hybridized carbons (Fsp3) is 0.588. The normalized spacial score (nSPS) is 20.6. The third-order valence-corrected chi connectivity index (χ3v) is 3.83. The van der Waals surface area contributed by atoms with Crippen LogP contribution in [0.2, 0.25) is 0 Å². The molecule has 1 aliphatic rings. The third-order valence-electron chi connectivity index (χ3n) is 3.83. The smallest absolute Gasteiger partial charge is 0.191 e. The Kier molecular flexibility index (Phi) is 5.32. The fourth-order valence-corrected chi connectivity index (χ4v) is 2.49. The monoisotopic (exact) mass is 276 g/mol. The summed E-state index contributed by atoms with van der Waals surface area (Å²) in [5, 5.41) is 0. The predicted molar refractivity (Wildman–Crippen MR) is 79.3 cm³/mol. The van der Waals surface area contributed by atoms with Gasteiger partial charge in [-0.15, -0.1) is 0 Å². The number of Topliss-reactive ketones (excluding diaryl/α,β-unsaturated/α-hetero) is 1. The zero-order chi connectivity index (χ0) is 14.5. The van der Waals surface area contributed by atoms with Gasteiger partial charge in [-0.25, -0.2) is 0 Å². The minimum atomic E-state index is -0.416. The highest BCUT2D eigenvalue weighted by Gasteiger charge is 2.21. The van der Waals surface area contributed by atoms with Gasteiger partial charge in [0.2, 0.25) is 0 Å². The molecule has 0 N–H and O–H groups in total. The van der Waals surface area contributed by atoms with Crippen LogP contribution < -0.4 is 0 Å². The standard InChI is InChI=1S/C17H24O3/c1-12-7-8-13(2)16(10-12)17(18)14(3)20-11-15-6-4-5-9-19-15/h7-8,10,14-15H,4-6,9,11H2,1-3H3. The molecule has 0 amide bonds. The SMILES string of the molecule is Cc1ccc(C)c(C(=O)C(C)OCC2CCCCO2)c1. The molecule has 2 unspecified atom stereocenters. The number of hydrogen-bond acceptors (Lipinski definition) is 3. The Bertz CT molecular complexity index is 461. The van der Waals surface area contributed by atoms with E-state index in [9.17, 15) is 4.79 Å². The molecule has 1 aromatic rings. The summed E-state index contributed by atoms with van der Waals surface area (Å²) < 4.78 is 11.3. The largest absolute Gasteiger partial charge is 0.376 e. The van der Waals surface area contributed by atoms with Crippen molar-refractivity contribution >= 4 is 5.78 Å². The van der Waals surface area contributed by atoms with Gasteiger partial charge in [-0.05, 0) is 51.7 Å². The third kappa shape index (κ3) is 3.90. The van der Waals surface area contributed by atoms with E-state index in [2.05, 4.69) is 0 Å². The highest BCUT2D eigenvalue weighted by atomic mass is 16.5. The van der Waals surface area contributed by atoms with Crippen LogP contribution in [0.3, 0.4) is 0 Å². The average molecular weight is 276 g/mol. The minimum absolute atomic E-state index is 0.0574. The lowest BCUT2D eigenvalue weighted by Gasteiger charge is -2.24. The first-order chi connectivity index (χ1) is 9.58. The van der Waals surface area contributed by atoms with E-state index in [0.717, 1.165) is 36.1 Å². The number of rotatable bonds is 5. The molecule has 1 saturated heterocycles. The van der Waals surface area contributed by atoms with Crippen molar-refractivity contribution in [2.75, 3.05) is 13.2 Å². The van der Waals surface area contributed by atoms with E-state index in [1.54, 1.807) is 0 Å². The summed E-state index contributed by atoms with van der Waals surface area (Å²) in [6, 6.07) is 5.95. The molecular weight excluding hydrogens is 252 g/mol. The van der Waals surface area contributed by atoms with Gasteiger partial charge in [-0.3, -0.25) is 4.79 Å². The van der Waals surface area contributed by atoms with Gasteiger partial charge < -0.3 is 9.47 Å². The number of ether oxygens (including phenoxy) is 2. The Balaban J connectivity index is 1.92. The van der Waals surface area contributed by atoms with E-state index in [4.69, 9.17) is 9.47 Å². The molecule has 0 spiro atoms. The first-order valence-corrected chi connectivity index (χ1v) is 7.42. The Morgan fingerprint density at radius 2 is 2.20 bits per heavy atom. The van der Waals surface area contributed by atoms with Gasteiger partial charge in [0, 0.05) is 12.2 Å². The van der Waals surface area contributed by atoms with E-state index in [1.807, 2.05) is 39.0 Å². The van der Waals surface area contributed by atoms with E-state index >= 15 is 0 Å². The summed E-state index contributed by atoms with van der Waals surface area (Å²) in [5.41, 5.74) is 2.87. The molecule has 1 aliphatic heterocycles. The van der Waals surface area contributed by atoms with Crippen LogP contribution in [0.25, 0.3) is 0 Å². The van der Waals surface area contributed by atoms with Crippen molar-refractivity contribution in [3.05, 3.63) is 34.9 Å². The van der Waals surface area contributed by atoms with Gasteiger partial charge in [-0.1, -0.05) is 17.7 Å². The van der Waals surface area contributed by atoms with Crippen LogP contribution in [0.15, 0.2) is 18.2 Å². The second-order valence-electron chi connectivity index (χ2n) is 5.65. The zero-order valence-corrected chi connectivity index (χ0v) is 12.6. The van der Waals surface area contributed by atoms with Crippen LogP contribution >= 0.6 is 0 Å². The molecule has 0 saturated carbocycles. The molecule has 0 bridgehead atoms. The Morgan fingerprint density at radius 1 is 1.40 bits per heavy atom. The van der Waals surface area contributed by atoms with E-state index < -0.39 is 6.10 Å². The number of ketones is 1. The maximum atomic E-state index is 12.4. The summed E-state index contributed by atoms with van der Waals surface area (Å²) in [6.07, 6.45) is 3.09. The molecule has 0 radical (unpaired) electrons. The average Bonchev–Trinajstić information content (AvgIpc) is 2.47. The zero-order valence-electron chi connectivity index (χ0n) is 12.6. The van der Waals surface area contributed by atoms with Crippen molar-refractivity contribution in [2.45, 2.75) is 52.2 Å². The highest BCUT2D eigenvalue weighted by molar-refractivity contribution is 6.00. The first-order valence-electron chi connectivity index (χ1n) is 7.42. The van der Waals surface area contributed by atoms with Crippen molar-refractivity contribution in [1.29, 1.82) is 0 Å². The summed E-state index contributed by atoms with van der Waals surface area (Å²) in [5.74, 6) is 0.0574. The van der Waals surface area contributed by atoms with E-state index in [-0.39, 0.29) is 11.9 Å². The second kappa shape index (κ2) is 7.00. The molecule has 1 heterocycles. The van der Waals surface area contributed by atoms with Crippen molar-refractivity contribution < 1.29 is 14.3 Å². The van der Waals surface area contributed by atoms with E-state index in [1.165, 1.54) is 6.42 Å². The number of hydrogen-bond donors (Lipinski definition) is 0. The van der Waals surface area contributed by atoms with Gasteiger partial charge in [0.05, 0.1) is 12.7 Å². The molecule has 2 rings (SSSR count). The van der Waals surface area contributed by atoms with Crippen molar-refractivity contribution in [3.8, 4) is 0 Å². The van der Waals surface area contributed by atoms with Crippen LogP contribution in [0.4, 0.5) is 0 Å². The van der Waals surface area contributed by atoms with Gasteiger partial charge in [0.25, 0.3) is 0 Å². The molecular formula is C17H24O3. The first kappa shape index (κ1) is 15.2. The summed E-state index contributed by atoms with van der Waals surface area (Å²) >= 11 is 0. The molecule has 0 aromatic heterocycles. The molecule has 3 nitrogen and oxygen atoms in total. The van der Waals surface area contributed by atoms with Crippen LogP contribution in [-0.2, 0) is 9.47 Å². The Labute approximate surface area is 121 Å². The predicted octanol–water partition coefficient (Wildman–Crippen LogP) is 3.46. The van der Waals surface area contributed by atoms with Crippen LogP contribution in [-0.4, -0.2) is 31.2 Å². The molecule has 3 heteroatoms. The Morgan fingerprint density at radius 3 is 2.90 bits per heavy atom. The molecule has 20 heavy (non-hydrogen) atoms. The second-order valence-corrected chi connectivity index (χ2v) is 5.65. The lowest BCUT2D eigenvalue weighted by atomic mass is 9.99. The van der Waals surface area contributed by atoms with Crippen LogP contribution in [0, 0.1) is 13.8 Å². The van der Waals surface area contributed by atoms with Crippen molar-refractivity contribution in [3.63, 3.8) is 0 Å². The molecule has 1 aromatic carbocycles. The number of aryl methyl sites for hydroxylation is 2. The van der Waals surface area contributed by atoms with Gasteiger partial charge in [0.1, 0.15) is 6.10 Å². The van der Waals surface area contributed by atoms with E-state index in [0.29, 0.717) is 6.61 Å². The quantitative estimate of drug-likeness (QED) is 0.773. The summed E-state index contributed by atoms with van der Waals surface area (Å²) in [6.45, 7) is 7.11. The minimum Gasteiger partial charge on any atom is -0.376 e. The maximum Gasteiger partial charge on any atom is 0.191 e. The Hall–Kier alpha value is -1.19. The lowest BCUT2D eigenvalue weighted by molar-refractivity contribution is -0.0526. The van der Waals surface area contributed by atoms with Crippen LogP contribution in [0.1, 0.15) is 47.7 Å². The number of benzene rings is 1. The topological polar surface area (TPSA) is 35.5 Å². The number of carbonyl (C=O) groups excluding carboxylic acids is 1. The van der Waals surface area contributed by atoms with Gasteiger partial charge >= 0.3 is 0 Å². The summed E-state index contributed by atoms with van der Waals surface area (Å²) in [4.78, 5) is 12.4. The fourth-order valence-electron chi connectivity index (χ4n) is 2.49. The van der Waals surface area contributed by atoms with Gasteiger partial charge in [0.15, 0.2) is 5.78 Å². The lowest BCUT2D eigenvalue weighted by Crippen LogP contribution is -2.30. The molecule has 0 aliphatic carbocycles.